The fraction of sp³-hybridized carbons (Fsp3) is 0.538. The van der Waals surface area contributed by atoms with Gasteiger partial charge in [-0.25, -0.2) is 0 Å². The predicted molar refractivity (Wildman–Crippen MR) is 60.2 cm³/mol. The van der Waals surface area contributed by atoms with Crippen LogP contribution in [0.3, 0.4) is 0 Å². The number of hydrogen-bond donors (Lipinski definition) is 2. The lowest BCUT2D eigenvalue weighted by atomic mass is 9.78. The Balaban J connectivity index is 2.04. The van der Waals surface area contributed by atoms with Crippen molar-refractivity contribution in [3.8, 4) is 0 Å². The first-order valence-electron chi connectivity index (χ1n) is 5.77. The van der Waals surface area contributed by atoms with Crippen LogP contribution in [0.5, 0.6) is 0 Å². The van der Waals surface area contributed by atoms with E-state index < -0.39 is 5.60 Å². The number of fused-ring (bicyclic) bond motifs is 2. The molecule has 0 amide bonds. The van der Waals surface area contributed by atoms with Crippen LogP contribution in [0.25, 0.3) is 0 Å². The highest BCUT2D eigenvalue weighted by Crippen LogP contribution is 2.56. The maximum absolute atomic E-state index is 10.8. The molecule has 0 saturated heterocycles. The van der Waals surface area contributed by atoms with E-state index in [1.807, 2.05) is 24.3 Å². The highest BCUT2D eigenvalue weighted by atomic mass is 16.3. The molecule has 0 aromatic heterocycles. The Kier molecular flexibility index (Phi) is 1.84. The standard InChI is InChI=1S/C13H17NO/c14-12-4-2-1-3-11(12)13(15)8-9-5-6-10(13)7-9/h1-4,9-10,15H,5-8,14H2. The zero-order valence-corrected chi connectivity index (χ0v) is 8.82. The van der Waals surface area contributed by atoms with Crippen LogP contribution in [0.1, 0.15) is 31.2 Å². The van der Waals surface area contributed by atoms with Crippen LogP contribution in [0.15, 0.2) is 24.3 Å². The Morgan fingerprint density at radius 3 is 2.67 bits per heavy atom. The molecule has 3 N–H and O–H groups in total. The number of aliphatic hydroxyl groups is 1. The molecule has 15 heavy (non-hydrogen) atoms. The van der Waals surface area contributed by atoms with Crippen molar-refractivity contribution in [3.05, 3.63) is 29.8 Å². The van der Waals surface area contributed by atoms with Crippen molar-refractivity contribution < 1.29 is 5.11 Å². The Morgan fingerprint density at radius 1 is 1.27 bits per heavy atom. The molecule has 0 aliphatic heterocycles. The minimum atomic E-state index is -0.631. The molecule has 0 radical (unpaired) electrons. The lowest BCUT2D eigenvalue weighted by molar-refractivity contribution is -0.0175. The zero-order chi connectivity index (χ0) is 10.5. The van der Waals surface area contributed by atoms with Crippen molar-refractivity contribution in [1.29, 1.82) is 0 Å². The summed E-state index contributed by atoms with van der Waals surface area (Å²) in [4.78, 5) is 0. The normalized spacial score (nSPS) is 38.5. The van der Waals surface area contributed by atoms with Gasteiger partial charge >= 0.3 is 0 Å². The molecular weight excluding hydrogens is 186 g/mol. The first kappa shape index (κ1) is 9.22. The van der Waals surface area contributed by atoms with Gasteiger partial charge in [-0.2, -0.15) is 0 Å². The lowest BCUT2D eigenvalue weighted by Crippen LogP contribution is -2.32. The molecule has 2 bridgehead atoms. The monoisotopic (exact) mass is 203 g/mol. The second-order valence-corrected chi connectivity index (χ2v) is 5.09. The van der Waals surface area contributed by atoms with Crippen LogP contribution in [0.2, 0.25) is 0 Å². The van der Waals surface area contributed by atoms with Gasteiger partial charge in [-0.15, -0.1) is 0 Å². The van der Waals surface area contributed by atoms with Crippen molar-refractivity contribution >= 4 is 5.69 Å². The summed E-state index contributed by atoms with van der Waals surface area (Å²) in [5.41, 5.74) is 7.03. The van der Waals surface area contributed by atoms with E-state index in [1.165, 1.54) is 12.8 Å². The second-order valence-electron chi connectivity index (χ2n) is 5.09. The summed E-state index contributed by atoms with van der Waals surface area (Å²) in [7, 11) is 0. The number of hydrogen-bond acceptors (Lipinski definition) is 2. The molecule has 3 unspecified atom stereocenters. The molecule has 1 aromatic rings. The van der Waals surface area contributed by atoms with Gasteiger partial charge in [0.25, 0.3) is 0 Å². The van der Waals surface area contributed by atoms with E-state index in [0.717, 1.165) is 30.0 Å². The lowest BCUT2D eigenvalue weighted by Gasteiger charge is -2.33. The smallest absolute Gasteiger partial charge is 0.0947 e. The van der Waals surface area contributed by atoms with Gasteiger partial charge in [0.2, 0.25) is 0 Å². The van der Waals surface area contributed by atoms with E-state index in [2.05, 4.69) is 0 Å². The Morgan fingerprint density at radius 2 is 2.07 bits per heavy atom. The van der Waals surface area contributed by atoms with E-state index in [0.29, 0.717) is 5.92 Å². The van der Waals surface area contributed by atoms with E-state index in [4.69, 9.17) is 5.73 Å². The number of benzene rings is 1. The van der Waals surface area contributed by atoms with Crippen LogP contribution in [-0.2, 0) is 5.60 Å². The van der Waals surface area contributed by atoms with E-state index >= 15 is 0 Å². The van der Waals surface area contributed by atoms with E-state index in [9.17, 15) is 5.11 Å². The van der Waals surface area contributed by atoms with Gasteiger partial charge < -0.3 is 10.8 Å². The number of para-hydroxylation sites is 1. The molecular formula is C13H17NO. The zero-order valence-electron chi connectivity index (χ0n) is 8.82. The SMILES string of the molecule is Nc1ccccc1C1(O)CC2CCC1C2. The summed E-state index contributed by atoms with van der Waals surface area (Å²) in [5, 5.41) is 10.8. The first-order valence-corrected chi connectivity index (χ1v) is 5.77. The van der Waals surface area contributed by atoms with Gasteiger partial charge in [0.1, 0.15) is 0 Å². The molecule has 2 saturated carbocycles. The minimum Gasteiger partial charge on any atom is -0.398 e. The summed E-state index contributed by atoms with van der Waals surface area (Å²) in [6.07, 6.45) is 4.55. The van der Waals surface area contributed by atoms with E-state index in [1.54, 1.807) is 0 Å². The van der Waals surface area contributed by atoms with Gasteiger partial charge in [-0.05, 0) is 43.6 Å². The predicted octanol–water partition coefficient (Wildman–Crippen LogP) is 2.28. The third-order valence-corrected chi connectivity index (χ3v) is 4.24. The summed E-state index contributed by atoms with van der Waals surface area (Å²) in [6, 6.07) is 7.76. The van der Waals surface area contributed by atoms with Crippen molar-refractivity contribution in [2.24, 2.45) is 11.8 Å². The Labute approximate surface area is 90.1 Å². The maximum Gasteiger partial charge on any atom is 0.0947 e. The molecule has 0 spiro atoms. The molecule has 2 heteroatoms. The third-order valence-electron chi connectivity index (χ3n) is 4.24. The average Bonchev–Trinajstić information content (AvgIpc) is 2.78. The molecule has 0 heterocycles. The van der Waals surface area contributed by atoms with Crippen molar-refractivity contribution in [2.75, 3.05) is 5.73 Å². The van der Waals surface area contributed by atoms with E-state index in [-0.39, 0.29) is 0 Å². The molecule has 3 rings (SSSR count). The molecule has 2 aliphatic rings. The maximum atomic E-state index is 10.8. The van der Waals surface area contributed by atoms with Gasteiger partial charge in [0.15, 0.2) is 0 Å². The average molecular weight is 203 g/mol. The fourth-order valence-electron chi connectivity index (χ4n) is 3.52. The van der Waals surface area contributed by atoms with Crippen molar-refractivity contribution in [1.82, 2.24) is 0 Å². The van der Waals surface area contributed by atoms with Crippen molar-refractivity contribution in [2.45, 2.75) is 31.3 Å². The summed E-state index contributed by atoms with van der Waals surface area (Å²) in [5.74, 6) is 1.16. The molecule has 2 aliphatic carbocycles. The van der Waals surface area contributed by atoms with Crippen LogP contribution in [0.4, 0.5) is 5.69 Å². The molecule has 2 nitrogen and oxygen atoms in total. The number of rotatable bonds is 1. The Hall–Kier alpha value is -1.02. The minimum absolute atomic E-state index is 0.437. The highest BCUT2D eigenvalue weighted by Gasteiger charge is 2.51. The number of anilines is 1. The Bertz CT molecular complexity index is 390. The third kappa shape index (κ3) is 1.21. The van der Waals surface area contributed by atoms with Crippen LogP contribution < -0.4 is 5.73 Å². The quantitative estimate of drug-likeness (QED) is 0.688. The fourth-order valence-corrected chi connectivity index (χ4v) is 3.52. The summed E-state index contributed by atoms with van der Waals surface area (Å²) in [6.45, 7) is 0. The first-order chi connectivity index (χ1) is 7.20. The molecule has 2 fully saturated rings. The summed E-state index contributed by atoms with van der Waals surface area (Å²) < 4.78 is 0. The highest BCUT2D eigenvalue weighted by molar-refractivity contribution is 5.50. The number of nitrogen functional groups attached to an aromatic ring is 1. The summed E-state index contributed by atoms with van der Waals surface area (Å²) >= 11 is 0. The van der Waals surface area contributed by atoms with Gasteiger partial charge in [-0.1, -0.05) is 18.2 Å². The molecule has 3 atom stereocenters. The van der Waals surface area contributed by atoms with Gasteiger partial charge in [0.05, 0.1) is 5.60 Å². The number of nitrogens with two attached hydrogens (primary N) is 1. The van der Waals surface area contributed by atoms with Crippen LogP contribution in [0, 0.1) is 11.8 Å². The van der Waals surface area contributed by atoms with Crippen LogP contribution >= 0.6 is 0 Å². The second kappa shape index (κ2) is 2.99. The molecule has 80 valence electrons. The van der Waals surface area contributed by atoms with Crippen molar-refractivity contribution in [3.63, 3.8) is 0 Å². The topological polar surface area (TPSA) is 46.2 Å². The van der Waals surface area contributed by atoms with Gasteiger partial charge in [0, 0.05) is 11.3 Å². The largest absolute Gasteiger partial charge is 0.398 e. The van der Waals surface area contributed by atoms with Crippen LogP contribution in [-0.4, -0.2) is 5.11 Å². The molecule has 1 aromatic carbocycles. The van der Waals surface area contributed by atoms with Gasteiger partial charge in [-0.3, -0.25) is 0 Å².